The van der Waals surface area contributed by atoms with Crippen molar-refractivity contribution in [2.24, 2.45) is 5.73 Å². The molecule has 0 unspecified atom stereocenters. The number of hydrogen-bond donors (Lipinski definition) is 2. The van der Waals surface area contributed by atoms with Gasteiger partial charge in [0, 0.05) is 22.9 Å². The SMILES string of the molecule is CSC(C)(C)CNS(=O)(=O)c1ccc(CN)c(Cl)c1. The van der Waals surface area contributed by atoms with Crippen molar-refractivity contribution in [2.45, 2.75) is 30.0 Å². The van der Waals surface area contributed by atoms with Gasteiger partial charge in [-0.15, -0.1) is 0 Å². The molecule has 0 fully saturated rings. The number of nitrogens with one attached hydrogen (secondary N) is 1. The van der Waals surface area contributed by atoms with Crippen LogP contribution in [0.25, 0.3) is 0 Å². The molecule has 3 N–H and O–H groups in total. The molecule has 0 aromatic heterocycles. The fourth-order valence-electron chi connectivity index (χ4n) is 1.29. The van der Waals surface area contributed by atoms with E-state index < -0.39 is 10.0 Å². The molecule has 0 aliphatic carbocycles. The minimum absolute atomic E-state index is 0.159. The molecule has 7 heteroatoms. The van der Waals surface area contributed by atoms with Crippen molar-refractivity contribution in [1.82, 2.24) is 4.72 Å². The Hall–Kier alpha value is -0.270. The minimum Gasteiger partial charge on any atom is -0.326 e. The number of sulfonamides is 1. The van der Waals surface area contributed by atoms with Crippen LogP contribution in [0.1, 0.15) is 19.4 Å². The third-order valence-corrected chi connectivity index (χ3v) is 5.80. The lowest BCUT2D eigenvalue weighted by atomic mass is 10.2. The number of thioether (sulfide) groups is 1. The summed E-state index contributed by atoms with van der Waals surface area (Å²) in [5, 5.41) is 0.370. The van der Waals surface area contributed by atoms with Gasteiger partial charge in [0.25, 0.3) is 0 Å². The Bertz CT molecular complexity index is 545. The van der Waals surface area contributed by atoms with Gasteiger partial charge in [0.15, 0.2) is 0 Å². The second-order valence-electron chi connectivity index (χ2n) is 4.75. The van der Waals surface area contributed by atoms with E-state index in [0.717, 1.165) is 5.56 Å². The third-order valence-electron chi connectivity index (χ3n) is 2.80. The Morgan fingerprint density at radius 2 is 2.05 bits per heavy atom. The highest BCUT2D eigenvalue weighted by Crippen LogP contribution is 2.23. The highest BCUT2D eigenvalue weighted by atomic mass is 35.5. The molecule has 0 aliphatic heterocycles. The molecule has 1 rings (SSSR count). The summed E-state index contributed by atoms with van der Waals surface area (Å²) >= 11 is 7.58. The van der Waals surface area contributed by atoms with Gasteiger partial charge < -0.3 is 5.73 Å². The summed E-state index contributed by atoms with van der Waals surface area (Å²) in [5.41, 5.74) is 6.22. The zero-order valence-electron chi connectivity index (χ0n) is 11.2. The normalized spacial score (nSPS) is 12.7. The summed E-state index contributed by atoms with van der Waals surface area (Å²) in [4.78, 5) is 0.159. The zero-order chi connectivity index (χ0) is 14.7. The molecule has 0 spiro atoms. The van der Waals surface area contributed by atoms with Gasteiger partial charge in [-0.25, -0.2) is 13.1 Å². The standard InChI is InChI=1S/C12H19ClN2O2S2/c1-12(2,18-3)8-15-19(16,17)10-5-4-9(7-14)11(13)6-10/h4-6,15H,7-8,14H2,1-3H3. The molecule has 0 atom stereocenters. The molecule has 0 bridgehead atoms. The molecular weight excluding hydrogens is 304 g/mol. The smallest absolute Gasteiger partial charge is 0.240 e. The van der Waals surface area contributed by atoms with E-state index in [1.807, 2.05) is 20.1 Å². The lowest BCUT2D eigenvalue weighted by molar-refractivity contribution is 0.570. The van der Waals surface area contributed by atoms with Crippen LogP contribution >= 0.6 is 23.4 Å². The van der Waals surface area contributed by atoms with Gasteiger partial charge in [0.1, 0.15) is 0 Å². The monoisotopic (exact) mass is 322 g/mol. The van der Waals surface area contributed by atoms with Gasteiger partial charge in [-0.3, -0.25) is 0 Å². The fourth-order valence-corrected chi connectivity index (χ4v) is 3.15. The third kappa shape index (κ3) is 4.65. The molecular formula is C12H19ClN2O2S2. The van der Waals surface area contributed by atoms with E-state index in [2.05, 4.69) is 4.72 Å². The topological polar surface area (TPSA) is 72.2 Å². The Morgan fingerprint density at radius 3 is 2.53 bits per heavy atom. The van der Waals surface area contributed by atoms with Crippen LogP contribution in [0, 0.1) is 0 Å². The Kier molecular flexibility index (Phi) is 5.70. The van der Waals surface area contributed by atoms with E-state index >= 15 is 0 Å². The summed E-state index contributed by atoms with van der Waals surface area (Å²) in [5.74, 6) is 0. The summed E-state index contributed by atoms with van der Waals surface area (Å²) in [7, 11) is -3.54. The van der Waals surface area contributed by atoms with Crippen LogP contribution in [0.3, 0.4) is 0 Å². The Balaban J connectivity index is 2.92. The van der Waals surface area contributed by atoms with Crippen LogP contribution < -0.4 is 10.5 Å². The first kappa shape index (κ1) is 16.8. The van der Waals surface area contributed by atoms with Gasteiger partial charge in [0.2, 0.25) is 10.0 Å². The van der Waals surface area contributed by atoms with E-state index in [1.165, 1.54) is 12.1 Å². The van der Waals surface area contributed by atoms with Crippen LogP contribution in [-0.4, -0.2) is 26.0 Å². The molecule has 0 saturated heterocycles. The van der Waals surface area contributed by atoms with Crippen molar-refractivity contribution in [3.8, 4) is 0 Å². The molecule has 0 saturated carbocycles. The highest BCUT2D eigenvalue weighted by molar-refractivity contribution is 8.00. The number of hydrogen-bond acceptors (Lipinski definition) is 4. The molecule has 4 nitrogen and oxygen atoms in total. The van der Waals surface area contributed by atoms with Crippen molar-refractivity contribution in [1.29, 1.82) is 0 Å². The van der Waals surface area contributed by atoms with Crippen LogP contribution in [0.15, 0.2) is 23.1 Å². The molecule has 0 aliphatic rings. The van der Waals surface area contributed by atoms with Crippen molar-refractivity contribution < 1.29 is 8.42 Å². The van der Waals surface area contributed by atoms with Crippen LogP contribution in [0.2, 0.25) is 5.02 Å². The molecule has 0 amide bonds. The van der Waals surface area contributed by atoms with Crippen molar-refractivity contribution in [2.75, 3.05) is 12.8 Å². The summed E-state index contributed by atoms with van der Waals surface area (Å²) in [6.07, 6.45) is 1.95. The summed E-state index contributed by atoms with van der Waals surface area (Å²) in [6, 6.07) is 4.58. The quantitative estimate of drug-likeness (QED) is 0.842. The number of nitrogens with two attached hydrogens (primary N) is 1. The number of halogens is 1. The first-order valence-electron chi connectivity index (χ1n) is 5.75. The molecule has 108 valence electrons. The summed E-state index contributed by atoms with van der Waals surface area (Å²) < 4.78 is 26.7. The predicted octanol–water partition coefficient (Wildman–Crippen LogP) is 2.22. The predicted molar refractivity (Wildman–Crippen MR) is 82.1 cm³/mol. The van der Waals surface area contributed by atoms with E-state index in [9.17, 15) is 8.42 Å². The lowest BCUT2D eigenvalue weighted by Crippen LogP contribution is -2.36. The van der Waals surface area contributed by atoms with Crippen molar-refractivity contribution in [3.05, 3.63) is 28.8 Å². The van der Waals surface area contributed by atoms with Crippen molar-refractivity contribution >= 4 is 33.4 Å². The fraction of sp³-hybridized carbons (Fsp3) is 0.500. The van der Waals surface area contributed by atoms with Gasteiger partial charge in [-0.05, 0) is 37.8 Å². The van der Waals surface area contributed by atoms with Gasteiger partial charge in [-0.1, -0.05) is 17.7 Å². The minimum atomic E-state index is -3.54. The first-order valence-corrected chi connectivity index (χ1v) is 8.84. The average Bonchev–Trinajstić information content (AvgIpc) is 2.36. The van der Waals surface area contributed by atoms with Crippen molar-refractivity contribution in [3.63, 3.8) is 0 Å². The van der Waals surface area contributed by atoms with Gasteiger partial charge >= 0.3 is 0 Å². The second-order valence-corrected chi connectivity index (χ2v) is 8.43. The molecule has 19 heavy (non-hydrogen) atoms. The van der Waals surface area contributed by atoms with Gasteiger partial charge in [0.05, 0.1) is 4.90 Å². The largest absolute Gasteiger partial charge is 0.326 e. The highest BCUT2D eigenvalue weighted by Gasteiger charge is 2.21. The van der Waals surface area contributed by atoms with E-state index in [4.69, 9.17) is 17.3 Å². The molecule has 1 aromatic carbocycles. The van der Waals surface area contributed by atoms with Crippen LogP contribution in [-0.2, 0) is 16.6 Å². The molecule has 1 aromatic rings. The second kappa shape index (κ2) is 6.45. The maximum atomic E-state index is 12.1. The Morgan fingerprint density at radius 1 is 1.42 bits per heavy atom. The van der Waals surface area contributed by atoms with Crippen LogP contribution in [0.5, 0.6) is 0 Å². The van der Waals surface area contributed by atoms with E-state index in [0.29, 0.717) is 11.6 Å². The average molecular weight is 323 g/mol. The first-order chi connectivity index (χ1) is 8.72. The molecule has 0 heterocycles. The number of rotatable bonds is 6. The Labute approximate surface area is 124 Å². The van der Waals surface area contributed by atoms with Gasteiger partial charge in [-0.2, -0.15) is 11.8 Å². The van der Waals surface area contributed by atoms with E-state index in [1.54, 1.807) is 17.8 Å². The lowest BCUT2D eigenvalue weighted by Gasteiger charge is -2.22. The number of benzene rings is 1. The maximum Gasteiger partial charge on any atom is 0.240 e. The maximum absolute atomic E-state index is 12.1. The van der Waals surface area contributed by atoms with Crippen LogP contribution in [0.4, 0.5) is 0 Å². The summed E-state index contributed by atoms with van der Waals surface area (Å²) in [6.45, 7) is 4.59. The zero-order valence-corrected chi connectivity index (χ0v) is 13.6. The van der Waals surface area contributed by atoms with E-state index in [-0.39, 0.29) is 16.2 Å². The molecule has 0 radical (unpaired) electrons.